The normalized spacial score (nSPS) is 15.4. The molecule has 194 valence electrons. The SMILES string of the molecule is CNC(=O)C(C)(C(=O)NO)N(C)C(=O)c1ccc(-c2ccc(OCCCN3CCOCC3)cc2)cc1. The van der Waals surface area contributed by atoms with Crippen molar-refractivity contribution in [3.63, 3.8) is 0 Å². The van der Waals surface area contributed by atoms with Crippen LogP contribution in [0.25, 0.3) is 11.1 Å². The van der Waals surface area contributed by atoms with E-state index in [1.165, 1.54) is 26.5 Å². The van der Waals surface area contributed by atoms with Gasteiger partial charge in [-0.15, -0.1) is 0 Å². The van der Waals surface area contributed by atoms with E-state index in [1.807, 2.05) is 24.3 Å². The molecule has 2 aromatic carbocycles. The zero-order chi connectivity index (χ0) is 26.1. The molecule has 1 atom stereocenters. The van der Waals surface area contributed by atoms with Crippen molar-refractivity contribution < 1.29 is 29.1 Å². The van der Waals surface area contributed by atoms with Gasteiger partial charge in [0.15, 0.2) is 5.54 Å². The van der Waals surface area contributed by atoms with Crippen LogP contribution in [-0.2, 0) is 14.3 Å². The van der Waals surface area contributed by atoms with Crippen LogP contribution in [0.15, 0.2) is 48.5 Å². The number of benzene rings is 2. The second kappa shape index (κ2) is 12.5. The molecule has 10 nitrogen and oxygen atoms in total. The molecule has 3 N–H and O–H groups in total. The first-order chi connectivity index (χ1) is 17.3. The van der Waals surface area contributed by atoms with Crippen LogP contribution in [0, 0.1) is 0 Å². The number of morpholine rings is 1. The van der Waals surface area contributed by atoms with Gasteiger partial charge < -0.3 is 19.7 Å². The smallest absolute Gasteiger partial charge is 0.278 e. The maximum Gasteiger partial charge on any atom is 0.278 e. The molecular formula is C26H34N4O6. The fraction of sp³-hybridized carbons (Fsp3) is 0.423. The Bertz CT molecular complexity index is 1020. The Hall–Kier alpha value is -3.47. The first-order valence-corrected chi connectivity index (χ1v) is 11.9. The topological polar surface area (TPSA) is 120 Å². The lowest BCUT2D eigenvalue weighted by Gasteiger charge is -2.34. The van der Waals surface area contributed by atoms with Crippen molar-refractivity contribution in [3.8, 4) is 16.9 Å². The Morgan fingerprint density at radius 3 is 2.17 bits per heavy atom. The lowest BCUT2D eigenvalue weighted by molar-refractivity contribution is -0.148. The zero-order valence-corrected chi connectivity index (χ0v) is 21.0. The predicted octanol–water partition coefficient (Wildman–Crippen LogP) is 1.54. The van der Waals surface area contributed by atoms with Gasteiger partial charge in [-0.05, 0) is 48.7 Å². The summed E-state index contributed by atoms with van der Waals surface area (Å²) < 4.78 is 11.2. The third kappa shape index (κ3) is 6.20. The van der Waals surface area contributed by atoms with Crippen LogP contribution in [0.1, 0.15) is 23.7 Å². The molecule has 1 aliphatic heterocycles. The van der Waals surface area contributed by atoms with E-state index in [2.05, 4.69) is 10.2 Å². The summed E-state index contributed by atoms with van der Waals surface area (Å²) in [6, 6.07) is 14.6. The van der Waals surface area contributed by atoms with E-state index in [4.69, 9.17) is 14.7 Å². The van der Waals surface area contributed by atoms with E-state index in [9.17, 15) is 14.4 Å². The van der Waals surface area contributed by atoms with Gasteiger partial charge in [-0.25, -0.2) is 5.48 Å². The van der Waals surface area contributed by atoms with E-state index in [-0.39, 0.29) is 0 Å². The van der Waals surface area contributed by atoms with Crippen LogP contribution in [-0.4, -0.2) is 91.8 Å². The van der Waals surface area contributed by atoms with Crippen molar-refractivity contribution >= 4 is 17.7 Å². The van der Waals surface area contributed by atoms with Gasteiger partial charge in [-0.3, -0.25) is 24.5 Å². The molecule has 36 heavy (non-hydrogen) atoms. The molecule has 0 radical (unpaired) electrons. The van der Waals surface area contributed by atoms with Crippen LogP contribution < -0.4 is 15.5 Å². The highest BCUT2D eigenvalue weighted by Crippen LogP contribution is 2.24. The largest absolute Gasteiger partial charge is 0.494 e. The summed E-state index contributed by atoms with van der Waals surface area (Å²) in [5.74, 6) is -1.50. The number of hydroxylamine groups is 1. The van der Waals surface area contributed by atoms with Gasteiger partial charge in [0.05, 0.1) is 19.8 Å². The molecule has 0 saturated carbocycles. The zero-order valence-electron chi connectivity index (χ0n) is 21.0. The van der Waals surface area contributed by atoms with Crippen LogP contribution in [0.5, 0.6) is 5.75 Å². The first kappa shape index (κ1) is 27.1. The Kier molecular flexibility index (Phi) is 9.40. The van der Waals surface area contributed by atoms with Gasteiger partial charge >= 0.3 is 0 Å². The van der Waals surface area contributed by atoms with Gasteiger partial charge in [-0.1, -0.05) is 24.3 Å². The summed E-state index contributed by atoms with van der Waals surface area (Å²) in [5, 5.41) is 11.4. The Morgan fingerprint density at radius 1 is 1.03 bits per heavy atom. The maximum absolute atomic E-state index is 13.0. The van der Waals surface area contributed by atoms with Crippen molar-refractivity contribution in [1.82, 2.24) is 20.6 Å². The lowest BCUT2D eigenvalue weighted by Crippen LogP contribution is -2.64. The highest BCUT2D eigenvalue weighted by molar-refractivity contribution is 6.12. The van der Waals surface area contributed by atoms with Gasteiger partial charge in [0.1, 0.15) is 5.75 Å². The molecule has 0 bridgehead atoms. The molecule has 2 aromatic rings. The number of carbonyl (C=O) groups excluding carboxylic acids is 3. The molecule has 1 heterocycles. The lowest BCUT2D eigenvalue weighted by atomic mass is 9.96. The standard InChI is InChI=1S/C26H34N4O6/c1-26(24(32)27-2,25(33)28-34)29(3)23(31)21-7-5-19(6-8-21)20-9-11-22(12-10-20)36-16-4-13-30-14-17-35-18-15-30/h5-12,34H,4,13-18H2,1-3H3,(H,27,32)(H,28,33). The third-order valence-electron chi connectivity index (χ3n) is 6.50. The summed E-state index contributed by atoms with van der Waals surface area (Å²) in [5.41, 5.74) is 1.68. The highest BCUT2D eigenvalue weighted by atomic mass is 16.5. The maximum atomic E-state index is 13.0. The monoisotopic (exact) mass is 498 g/mol. The van der Waals surface area contributed by atoms with Gasteiger partial charge in [-0.2, -0.15) is 0 Å². The minimum absolute atomic E-state index is 0.294. The molecule has 0 spiro atoms. The number of carbonyl (C=O) groups is 3. The fourth-order valence-electron chi connectivity index (χ4n) is 4.01. The average Bonchev–Trinajstić information content (AvgIpc) is 2.94. The van der Waals surface area contributed by atoms with E-state index in [0.717, 1.165) is 61.0 Å². The van der Waals surface area contributed by atoms with E-state index < -0.39 is 23.3 Å². The number of ether oxygens (including phenoxy) is 2. The summed E-state index contributed by atoms with van der Waals surface area (Å²) in [6.45, 7) is 6.44. The summed E-state index contributed by atoms with van der Waals surface area (Å²) >= 11 is 0. The van der Waals surface area contributed by atoms with Crippen LogP contribution in [0.3, 0.4) is 0 Å². The molecule has 1 fully saturated rings. The molecule has 10 heteroatoms. The first-order valence-electron chi connectivity index (χ1n) is 11.9. The van der Waals surface area contributed by atoms with E-state index in [1.54, 1.807) is 24.3 Å². The molecule has 1 saturated heterocycles. The van der Waals surface area contributed by atoms with E-state index >= 15 is 0 Å². The molecule has 0 aromatic heterocycles. The average molecular weight is 499 g/mol. The molecule has 3 rings (SSSR count). The number of hydrogen-bond acceptors (Lipinski definition) is 7. The predicted molar refractivity (Wildman–Crippen MR) is 134 cm³/mol. The van der Waals surface area contributed by atoms with Crippen molar-refractivity contribution in [2.45, 2.75) is 18.9 Å². The number of likely N-dealkylation sites (N-methyl/N-ethyl adjacent to an activating group) is 2. The molecule has 1 unspecified atom stereocenters. The van der Waals surface area contributed by atoms with Crippen molar-refractivity contribution in [1.29, 1.82) is 0 Å². The number of nitrogens with zero attached hydrogens (tertiary/aromatic N) is 2. The fourth-order valence-corrected chi connectivity index (χ4v) is 4.01. The van der Waals surface area contributed by atoms with Crippen LogP contribution >= 0.6 is 0 Å². The number of nitrogens with one attached hydrogen (secondary N) is 2. The minimum atomic E-state index is -1.93. The van der Waals surface area contributed by atoms with Crippen molar-refractivity contribution in [2.24, 2.45) is 0 Å². The van der Waals surface area contributed by atoms with Gasteiger partial charge in [0.2, 0.25) is 0 Å². The Labute approximate surface area is 211 Å². The number of rotatable bonds is 10. The molecular weight excluding hydrogens is 464 g/mol. The minimum Gasteiger partial charge on any atom is -0.494 e. The number of hydrogen-bond donors (Lipinski definition) is 3. The third-order valence-corrected chi connectivity index (χ3v) is 6.50. The van der Waals surface area contributed by atoms with Gasteiger partial charge in [0, 0.05) is 39.3 Å². The van der Waals surface area contributed by atoms with Crippen LogP contribution in [0.2, 0.25) is 0 Å². The molecule has 3 amide bonds. The van der Waals surface area contributed by atoms with Crippen molar-refractivity contribution in [2.75, 3.05) is 53.6 Å². The van der Waals surface area contributed by atoms with Crippen molar-refractivity contribution in [3.05, 3.63) is 54.1 Å². The highest BCUT2D eigenvalue weighted by Gasteiger charge is 2.47. The summed E-state index contributed by atoms with van der Waals surface area (Å²) in [4.78, 5) is 40.9. The summed E-state index contributed by atoms with van der Waals surface area (Å²) in [6.07, 6.45) is 0.949. The van der Waals surface area contributed by atoms with Gasteiger partial charge in [0.25, 0.3) is 17.7 Å². The second-order valence-corrected chi connectivity index (χ2v) is 8.71. The van der Waals surface area contributed by atoms with Crippen LogP contribution in [0.4, 0.5) is 0 Å². The Morgan fingerprint density at radius 2 is 1.61 bits per heavy atom. The summed E-state index contributed by atoms with van der Waals surface area (Å²) in [7, 11) is 2.68. The molecule has 1 aliphatic rings. The second-order valence-electron chi connectivity index (χ2n) is 8.71. The number of amides is 3. The molecule has 0 aliphatic carbocycles. The van der Waals surface area contributed by atoms with E-state index in [0.29, 0.717) is 12.2 Å². The quantitative estimate of drug-likeness (QED) is 0.197. The Balaban J connectivity index is 1.59.